The molecule has 0 aromatic rings. The van der Waals surface area contributed by atoms with Gasteiger partial charge in [-0.15, -0.1) is 0 Å². The summed E-state index contributed by atoms with van der Waals surface area (Å²) in [6.07, 6.45) is 3.93. The van der Waals surface area contributed by atoms with Gasteiger partial charge < -0.3 is 5.32 Å². The summed E-state index contributed by atoms with van der Waals surface area (Å²) in [6, 6.07) is 0. The summed E-state index contributed by atoms with van der Waals surface area (Å²) in [6.45, 7) is 2.27. The summed E-state index contributed by atoms with van der Waals surface area (Å²) in [7, 11) is 3.88. The van der Waals surface area contributed by atoms with Gasteiger partial charge in [-0.25, -0.2) is 5.01 Å². The maximum Gasteiger partial charge on any atom is 0.183 e. The van der Waals surface area contributed by atoms with Crippen LogP contribution in [0.1, 0.15) is 19.3 Å². The van der Waals surface area contributed by atoms with Crippen LogP contribution in [0.25, 0.3) is 0 Å². The van der Waals surface area contributed by atoms with Gasteiger partial charge in [0.25, 0.3) is 0 Å². The fourth-order valence-electron chi connectivity index (χ4n) is 1.47. The number of nitrogens with zero attached hydrogens (tertiary/aromatic N) is 2. The highest BCUT2D eigenvalue weighted by molar-refractivity contribution is 7.80. The fourth-order valence-corrected chi connectivity index (χ4v) is 1.58. The van der Waals surface area contributed by atoms with Crippen molar-refractivity contribution in [2.45, 2.75) is 19.3 Å². The van der Waals surface area contributed by atoms with Crippen LogP contribution in [0.2, 0.25) is 0 Å². The van der Waals surface area contributed by atoms with Gasteiger partial charge in [-0.1, -0.05) is 6.42 Å². The molecule has 0 bridgehead atoms. The first-order valence-corrected chi connectivity index (χ1v) is 4.87. The normalized spacial score (nSPS) is 18.8. The molecule has 0 aromatic heterocycles. The second-order valence-electron chi connectivity index (χ2n) is 3.09. The van der Waals surface area contributed by atoms with Crippen LogP contribution in [0.4, 0.5) is 0 Å². The van der Waals surface area contributed by atoms with Crippen molar-refractivity contribution in [2.24, 2.45) is 0 Å². The summed E-state index contributed by atoms with van der Waals surface area (Å²) in [5.74, 6) is 0. The first-order valence-electron chi connectivity index (χ1n) is 4.46. The largest absolute Gasteiger partial charge is 0.365 e. The number of piperidine rings is 1. The van der Waals surface area contributed by atoms with Crippen molar-refractivity contribution in [1.82, 2.24) is 15.3 Å². The molecule has 1 N–H and O–H groups in total. The Labute approximate surface area is 79.7 Å². The highest BCUT2D eigenvalue weighted by atomic mass is 32.1. The van der Waals surface area contributed by atoms with Gasteiger partial charge in [-0.05, 0) is 25.1 Å². The number of hydrazine groups is 1. The SMILES string of the molecule is CNC(=S)N(C)N1CCCCC1. The zero-order valence-electron chi connectivity index (χ0n) is 7.84. The highest BCUT2D eigenvalue weighted by Crippen LogP contribution is 2.10. The third-order valence-corrected chi connectivity index (χ3v) is 2.73. The molecule has 0 spiro atoms. The van der Waals surface area contributed by atoms with Gasteiger partial charge in [0.2, 0.25) is 0 Å². The van der Waals surface area contributed by atoms with Gasteiger partial charge in [-0.3, -0.25) is 5.01 Å². The summed E-state index contributed by atoms with van der Waals surface area (Å²) < 4.78 is 0. The quantitative estimate of drug-likeness (QED) is 0.612. The highest BCUT2D eigenvalue weighted by Gasteiger charge is 2.15. The summed E-state index contributed by atoms with van der Waals surface area (Å²) in [5, 5.41) is 8.11. The maximum absolute atomic E-state index is 5.13. The molecule has 0 saturated carbocycles. The molecular weight excluding hydrogens is 170 g/mol. The summed E-state index contributed by atoms with van der Waals surface area (Å²) >= 11 is 5.13. The van der Waals surface area contributed by atoms with E-state index in [-0.39, 0.29) is 0 Å². The van der Waals surface area contributed by atoms with E-state index in [1.807, 2.05) is 19.1 Å². The number of hydrogen-bond donors (Lipinski definition) is 1. The minimum Gasteiger partial charge on any atom is -0.365 e. The number of rotatable bonds is 1. The third kappa shape index (κ3) is 2.32. The van der Waals surface area contributed by atoms with E-state index in [0.717, 1.165) is 18.2 Å². The molecule has 0 atom stereocenters. The first-order chi connectivity index (χ1) is 5.75. The Bertz CT molecular complexity index is 154. The second kappa shape index (κ2) is 4.62. The van der Waals surface area contributed by atoms with Crippen LogP contribution < -0.4 is 5.32 Å². The lowest BCUT2D eigenvalue weighted by molar-refractivity contribution is 0.0476. The van der Waals surface area contributed by atoms with E-state index in [2.05, 4.69) is 10.3 Å². The Morgan fingerprint density at radius 3 is 2.42 bits per heavy atom. The lowest BCUT2D eigenvalue weighted by atomic mass is 10.2. The molecule has 0 unspecified atom stereocenters. The number of thiocarbonyl (C=S) groups is 1. The van der Waals surface area contributed by atoms with Crippen LogP contribution in [0.3, 0.4) is 0 Å². The number of hydrogen-bond acceptors (Lipinski definition) is 2. The van der Waals surface area contributed by atoms with Gasteiger partial charge >= 0.3 is 0 Å². The van der Waals surface area contributed by atoms with Crippen LogP contribution in [0.15, 0.2) is 0 Å². The molecule has 1 rings (SSSR count). The van der Waals surface area contributed by atoms with Gasteiger partial charge in [0.05, 0.1) is 0 Å². The van der Waals surface area contributed by atoms with Gasteiger partial charge in [0.15, 0.2) is 5.11 Å². The summed E-state index contributed by atoms with van der Waals surface area (Å²) in [5.41, 5.74) is 0. The average molecular weight is 187 g/mol. The molecule has 0 amide bonds. The Balaban J connectivity index is 2.39. The van der Waals surface area contributed by atoms with Gasteiger partial charge in [0, 0.05) is 27.2 Å². The lowest BCUT2D eigenvalue weighted by Crippen LogP contribution is -2.49. The van der Waals surface area contributed by atoms with E-state index in [1.165, 1.54) is 19.3 Å². The van der Waals surface area contributed by atoms with E-state index in [0.29, 0.717) is 0 Å². The molecule has 0 aliphatic carbocycles. The van der Waals surface area contributed by atoms with Crippen LogP contribution in [0.5, 0.6) is 0 Å². The van der Waals surface area contributed by atoms with Crippen LogP contribution in [0, 0.1) is 0 Å². The molecule has 70 valence electrons. The van der Waals surface area contributed by atoms with Gasteiger partial charge in [-0.2, -0.15) is 0 Å². The smallest absolute Gasteiger partial charge is 0.183 e. The fraction of sp³-hybridized carbons (Fsp3) is 0.875. The zero-order chi connectivity index (χ0) is 8.97. The Morgan fingerprint density at radius 2 is 1.92 bits per heavy atom. The Morgan fingerprint density at radius 1 is 1.33 bits per heavy atom. The third-order valence-electron chi connectivity index (χ3n) is 2.26. The van der Waals surface area contributed by atoms with Crippen LogP contribution in [-0.2, 0) is 0 Å². The molecule has 1 saturated heterocycles. The molecule has 3 nitrogen and oxygen atoms in total. The molecule has 0 radical (unpaired) electrons. The number of nitrogens with one attached hydrogen (secondary N) is 1. The maximum atomic E-state index is 5.13. The molecular formula is C8H17N3S. The van der Waals surface area contributed by atoms with E-state index in [9.17, 15) is 0 Å². The molecule has 1 aliphatic heterocycles. The minimum atomic E-state index is 0.803. The summed E-state index contributed by atoms with van der Waals surface area (Å²) in [4.78, 5) is 0. The van der Waals surface area contributed by atoms with Crippen LogP contribution >= 0.6 is 12.2 Å². The topological polar surface area (TPSA) is 18.5 Å². The molecule has 12 heavy (non-hydrogen) atoms. The van der Waals surface area contributed by atoms with Crippen molar-refractivity contribution in [1.29, 1.82) is 0 Å². The Kier molecular flexibility index (Phi) is 3.75. The first kappa shape index (κ1) is 9.74. The van der Waals surface area contributed by atoms with Crippen molar-refractivity contribution >= 4 is 17.3 Å². The molecule has 4 heteroatoms. The molecule has 1 fully saturated rings. The Hall–Kier alpha value is -0.350. The van der Waals surface area contributed by atoms with E-state index < -0.39 is 0 Å². The lowest BCUT2D eigenvalue weighted by Gasteiger charge is -2.35. The van der Waals surface area contributed by atoms with E-state index in [1.54, 1.807) is 0 Å². The van der Waals surface area contributed by atoms with Crippen molar-refractivity contribution < 1.29 is 0 Å². The molecule has 0 aromatic carbocycles. The molecule has 1 aliphatic rings. The van der Waals surface area contributed by atoms with Crippen molar-refractivity contribution in [3.8, 4) is 0 Å². The van der Waals surface area contributed by atoms with Crippen molar-refractivity contribution in [2.75, 3.05) is 27.2 Å². The predicted molar refractivity (Wildman–Crippen MR) is 54.8 cm³/mol. The van der Waals surface area contributed by atoms with E-state index >= 15 is 0 Å². The average Bonchev–Trinajstić information content (AvgIpc) is 2.17. The van der Waals surface area contributed by atoms with Gasteiger partial charge in [0.1, 0.15) is 0 Å². The predicted octanol–water partition coefficient (Wildman–Crippen LogP) is 0.823. The van der Waals surface area contributed by atoms with Crippen molar-refractivity contribution in [3.63, 3.8) is 0 Å². The minimum absolute atomic E-state index is 0.803. The molecule has 1 heterocycles. The monoisotopic (exact) mass is 187 g/mol. The van der Waals surface area contributed by atoms with E-state index in [4.69, 9.17) is 12.2 Å². The zero-order valence-corrected chi connectivity index (χ0v) is 8.65. The van der Waals surface area contributed by atoms with Crippen LogP contribution in [-0.4, -0.2) is 42.3 Å². The standard InChI is InChI=1S/C8H17N3S/c1-9-8(12)10(2)11-6-4-3-5-7-11/h3-7H2,1-2H3,(H,9,12). The van der Waals surface area contributed by atoms with Crippen molar-refractivity contribution in [3.05, 3.63) is 0 Å². The second-order valence-corrected chi connectivity index (χ2v) is 3.48.